The molecule has 0 aliphatic carbocycles. The summed E-state index contributed by atoms with van der Waals surface area (Å²) in [6, 6.07) is 2.11. The van der Waals surface area contributed by atoms with E-state index in [-0.39, 0.29) is 23.9 Å². The van der Waals surface area contributed by atoms with Crippen molar-refractivity contribution in [3.05, 3.63) is 16.5 Å². The molecule has 2 rings (SSSR count). The van der Waals surface area contributed by atoms with E-state index in [0.29, 0.717) is 10.8 Å². The quantitative estimate of drug-likeness (QED) is 0.876. The topological polar surface area (TPSA) is 58.2 Å². The van der Waals surface area contributed by atoms with Gasteiger partial charge in [-0.2, -0.15) is 0 Å². The fraction of sp³-hybridized carbons (Fsp3) is 0.714. The van der Waals surface area contributed by atoms with Crippen LogP contribution in [0.1, 0.15) is 37.1 Å². The molecular formula is C14H25ClN2O2S2. The first-order chi connectivity index (χ1) is 9.22. The van der Waals surface area contributed by atoms with Crippen LogP contribution in [0.2, 0.25) is 0 Å². The van der Waals surface area contributed by atoms with Crippen molar-refractivity contribution in [2.75, 3.05) is 13.1 Å². The van der Waals surface area contributed by atoms with Crippen LogP contribution in [0.15, 0.2) is 10.3 Å². The van der Waals surface area contributed by atoms with E-state index in [1.165, 1.54) is 11.3 Å². The molecule has 1 saturated heterocycles. The van der Waals surface area contributed by atoms with Crippen molar-refractivity contribution in [3.63, 3.8) is 0 Å². The van der Waals surface area contributed by atoms with Crippen molar-refractivity contribution in [3.8, 4) is 0 Å². The number of sulfonamides is 1. The molecule has 1 fully saturated rings. The highest BCUT2D eigenvalue weighted by Gasteiger charge is 2.33. The molecule has 1 unspecified atom stereocenters. The van der Waals surface area contributed by atoms with Gasteiger partial charge in [-0.05, 0) is 50.3 Å². The maximum atomic E-state index is 12.4. The molecule has 1 aromatic heterocycles. The van der Waals surface area contributed by atoms with Crippen molar-refractivity contribution in [1.29, 1.82) is 0 Å². The van der Waals surface area contributed by atoms with Gasteiger partial charge in [0.25, 0.3) is 0 Å². The van der Waals surface area contributed by atoms with Crippen LogP contribution in [0, 0.1) is 19.3 Å². The Morgan fingerprint density at radius 1 is 1.43 bits per heavy atom. The lowest BCUT2D eigenvalue weighted by atomic mass is 9.78. The summed E-state index contributed by atoms with van der Waals surface area (Å²) in [5.41, 5.74) is 0.956. The van der Waals surface area contributed by atoms with Gasteiger partial charge in [-0.1, -0.05) is 13.8 Å². The van der Waals surface area contributed by atoms with Gasteiger partial charge in [0.2, 0.25) is 10.0 Å². The Kier molecular flexibility index (Phi) is 6.27. The predicted octanol–water partition coefficient (Wildman–Crippen LogP) is 2.84. The van der Waals surface area contributed by atoms with Gasteiger partial charge in [0, 0.05) is 17.5 Å². The van der Waals surface area contributed by atoms with E-state index in [0.717, 1.165) is 29.8 Å². The molecule has 0 aromatic carbocycles. The van der Waals surface area contributed by atoms with Crippen LogP contribution in [0.4, 0.5) is 0 Å². The van der Waals surface area contributed by atoms with Crippen molar-refractivity contribution in [1.82, 2.24) is 10.0 Å². The first-order valence-electron chi connectivity index (χ1n) is 7.02. The normalized spacial score (nSPS) is 21.8. The lowest BCUT2D eigenvalue weighted by molar-refractivity contribution is 0.182. The predicted molar refractivity (Wildman–Crippen MR) is 91.0 cm³/mol. The molecule has 2 N–H and O–H groups in total. The smallest absolute Gasteiger partial charge is 0.250 e. The molecule has 21 heavy (non-hydrogen) atoms. The molecule has 0 radical (unpaired) electrons. The average Bonchev–Trinajstić information content (AvgIpc) is 2.67. The van der Waals surface area contributed by atoms with Crippen molar-refractivity contribution < 1.29 is 8.42 Å². The van der Waals surface area contributed by atoms with E-state index in [4.69, 9.17) is 0 Å². The fourth-order valence-electron chi connectivity index (χ4n) is 2.76. The molecule has 122 valence electrons. The second-order valence-corrected chi connectivity index (χ2v) is 9.50. The summed E-state index contributed by atoms with van der Waals surface area (Å²) in [5.74, 6) is 0. The monoisotopic (exact) mass is 352 g/mol. The summed E-state index contributed by atoms with van der Waals surface area (Å²) in [4.78, 5) is 1.03. The third-order valence-corrected chi connectivity index (χ3v) is 7.26. The van der Waals surface area contributed by atoms with Gasteiger partial charge in [0.05, 0.1) is 0 Å². The Morgan fingerprint density at radius 3 is 2.62 bits per heavy atom. The second-order valence-electron chi connectivity index (χ2n) is 6.28. The average molecular weight is 353 g/mol. The lowest BCUT2D eigenvalue weighted by Gasteiger charge is -2.39. The number of halogens is 1. The maximum absolute atomic E-state index is 12.4. The van der Waals surface area contributed by atoms with Gasteiger partial charge in [-0.25, -0.2) is 13.1 Å². The van der Waals surface area contributed by atoms with Crippen LogP contribution >= 0.6 is 23.7 Å². The maximum Gasteiger partial charge on any atom is 0.250 e. The van der Waals surface area contributed by atoms with Crippen LogP contribution < -0.4 is 10.0 Å². The molecule has 1 aromatic rings. The first kappa shape index (κ1) is 18.9. The number of nitrogens with one attached hydrogen (secondary N) is 2. The van der Waals surface area contributed by atoms with Crippen LogP contribution in [0.5, 0.6) is 0 Å². The number of thiophene rings is 1. The van der Waals surface area contributed by atoms with Crippen LogP contribution in [-0.2, 0) is 10.0 Å². The minimum Gasteiger partial charge on any atom is -0.312 e. The largest absolute Gasteiger partial charge is 0.312 e. The van der Waals surface area contributed by atoms with Gasteiger partial charge in [-0.15, -0.1) is 23.7 Å². The molecule has 1 aliphatic heterocycles. The van der Waals surface area contributed by atoms with Crippen LogP contribution in [0.3, 0.4) is 0 Å². The van der Waals surface area contributed by atoms with Crippen LogP contribution in [-0.4, -0.2) is 27.5 Å². The zero-order valence-corrected chi connectivity index (χ0v) is 15.5. The SMILES string of the molecule is Cc1cc(C)c(S(=O)(=O)NCC2NCCCC2(C)C)s1.Cl. The highest BCUT2D eigenvalue weighted by molar-refractivity contribution is 7.91. The summed E-state index contributed by atoms with van der Waals surface area (Å²) in [5, 5.41) is 3.43. The molecule has 1 atom stereocenters. The molecule has 0 spiro atoms. The van der Waals surface area contributed by atoms with Crippen LogP contribution in [0.25, 0.3) is 0 Å². The zero-order valence-electron chi connectivity index (χ0n) is 13.0. The van der Waals surface area contributed by atoms with E-state index in [1.807, 2.05) is 19.9 Å². The molecule has 4 nitrogen and oxygen atoms in total. The number of rotatable bonds is 4. The number of hydrogen-bond donors (Lipinski definition) is 2. The Balaban J connectivity index is 0.00000220. The minimum atomic E-state index is -3.39. The highest BCUT2D eigenvalue weighted by atomic mass is 35.5. The van der Waals surface area contributed by atoms with Gasteiger partial charge >= 0.3 is 0 Å². The van der Waals surface area contributed by atoms with E-state index >= 15 is 0 Å². The molecule has 7 heteroatoms. The fourth-order valence-corrected chi connectivity index (χ4v) is 5.52. The van der Waals surface area contributed by atoms with Gasteiger partial charge < -0.3 is 5.32 Å². The van der Waals surface area contributed by atoms with E-state index < -0.39 is 10.0 Å². The van der Waals surface area contributed by atoms with E-state index in [2.05, 4.69) is 23.9 Å². The van der Waals surface area contributed by atoms with Gasteiger partial charge in [0.1, 0.15) is 4.21 Å². The Bertz CT molecular complexity index is 582. The Labute approximate surface area is 138 Å². The van der Waals surface area contributed by atoms with E-state index in [9.17, 15) is 8.42 Å². The summed E-state index contributed by atoms with van der Waals surface area (Å²) in [7, 11) is -3.39. The molecule has 2 heterocycles. The molecule has 0 saturated carbocycles. The second kappa shape index (κ2) is 6.96. The van der Waals surface area contributed by atoms with Crippen molar-refractivity contribution in [2.45, 2.75) is 50.8 Å². The third-order valence-electron chi connectivity index (χ3n) is 4.05. The van der Waals surface area contributed by atoms with E-state index in [1.54, 1.807) is 0 Å². The summed E-state index contributed by atoms with van der Waals surface area (Å²) in [6.45, 7) is 9.58. The summed E-state index contributed by atoms with van der Waals surface area (Å²) < 4.78 is 28.0. The minimum absolute atomic E-state index is 0. The number of aryl methyl sites for hydroxylation is 2. The molecule has 1 aliphatic rings. The number of hydrogen-bond acceptors (Lipinski definition) is 4. The van der Waals surface area contributed by atoms with Gasteiger partial charge in [0.15, 0.2) is 0 Å². The summed E-state index contributed by atoms with van der Waals surface area (Å²) in [6.07, 6.45) is 2.28. The Morgan fingerprint density at radius 2 is 2.10 bits per heavy atom. The Hall–Kier alpha value is -0.140. The zero-order chi connectivity index (χ0) is 15.0. The lowest BCUT2D eigenvalue weighted by Crippen LogP contribution is -2.52. The van der Waals surface area contributed by atoms with Crippen molar-refractivity contribution >= 4 is 33.8 Å². The molecule has 0 amide bonds. The third kappa shape index (κ3) is 4.42. The summed E-state index contributed by atoms with van der Waals surface area (Å²) >= 11 is 1.34. The van der Waals surface area contributed by atoms with Gasteiger partial charge in [-0.3, -0.25) is 0 Å². The molecule has 0 bridgehead atoms. The standard InChI is InChI=1S/C14H24N2O2S2.ClH/c1-10-8-11(2)19-13(10)20(17,18)16-9-12-14(3,4)6-5-7-15-12;/h8,12,15-16H,5-7,9H2,1-4H3;1H. The number of piperidine rings is 1. The first-order valence-corrected chi connectivity index (χ1v) is 9.32. The molecular weight excluding hydrogens is 328 g/mol. The van der Waals surface area contributed by atoms with Crippen molar-refractivity contribution in [2.24, 2.45) is 5.41 Å². The highest BCUT2D eigenvalue weighted by Crippen LogP contribution is 2.30.